The van der Waals surface area contributed by atoms with Gasteiger partial charge in [-0.1, -0.05) is 182 Å². The van der Waals surface area contributed by atoms with Gasteiger partial charge in [0.1, 0.15) is 0 Å². The van der Waals surface area contributed by atoms with Gasteiger partial charge in [0, 0.05) is 5.69 Å². The lowest BCUT2D eigenvalue weighted by atomic mass is 9.83. The number of benzene rings is 10. The molecule has 0 saturated carbocycles. The van der Waals surface area contributed by atoms with Gasteiger partial charge in [-0.3, -0.25) is 0 Å². The summed E-state index contributed by atoms with van der Waals surface area (Å²) in [5, 5.41) is 7.40. The van der Waals surface area contributed by atoms with E-state index in [2.05, 4.69) is 229 Å². The predicted molar refractivity (Wildman–Crippen MR) is 244 cm³/mol. The molecule has 0 atom stereocenters. The number of hydrogen-bond donors (Lipinski definition) is 0. The number of fused-ring (bicyclic) bond motifs is 6. The van der Waals surface area contributed by atoms with Crippen LogP contribution in [0.25, 0.3) is 89.0 Å². The first-order valence-electron chi connectivity index (χ1n) is 19.7. The third kappa shape index (κ3) is 5.63. The fourth-order valence-corrected chi connectivity index (χ4v) is 8.93. The van der Waals surface area contributed by atoms with Crippen molar-refractivity contribution in [3.8, 4) is 44.5 Å². The van der Waals surface area contributed by atoms with Crippen LogP contribution in [0.15, 0.2) is 212 Å². The minimum Gasteiger partial charge on any atom is -0.309 e. The summed E-state index contributed by atoms with van der Waals surface area (Å²) in [5.74, 6) is 0. The molecule has 1 heterocycles. The first-order valence-corrected chi connectivity index (χ1v) is 19.7. The van der Waals surface area contributed by atoms with Gasteiger partial charge in [0.25, 0.3) is 0 Å². The summed E-state index contributed by atoms with van der Waals surface area (Å²) in [6.07, 6.45) is 4.48. The molecule has 10 aromatic carbocycles. The summed E-state index contributed by atoms with van der Waals surface area (Å²) in [6, 6.07) is 77.8. The molecule has 0 aliphatic carbocycles. The normalized spacial score (nSPS) is 12.1. The van der Waals surface area contributed by atoms with Gasteiger partial charge in [0.05, 0.1) is 11.4 Å². The molecular weight excluding hydrogens is 687 g/mol. The Morgan fingerprint density at radius 3 is 1.28 bits per heavy atom. The van der Waals surface area contributed by atoms with Crippen LogP contribution in [-0.2, 0) is 0 Å². The number of rotatable bonds is 5. The van der Waals surface area contributed by atoms with E-state index in [9.17, 15) is 0 Å². The molecule has 0 amide bonds. The van der Waals surface area contributed by atoms with Crippen LogP contribution in [0.5, 0.6) is 0 Å². The summed E-state index contributed by atoms with van der Waals surface area (Å²) in [5.41, 5.74) is 15.6. The van der Waals surface area contributed by atoms with Crippen LogP contribution in [-0.4, -0.2) is 0 Å². The molecule has 10 aromatic rings. The topological polar surface area (TPSA) is 3.24 Å². The zero-order chi connectivity index (χ0) is 37.7. The SMILES string of the molecule is C1=Cc2ccccc2N(c2ccc3c(c2)c(-c2ccccc2)c(-c2ccccc2)c2cc(-c4cc5ccccc5cc4-c4ccccc4)ccc23)c2ccccc21. The van der Waals surface area contributed by atoms with Gasteiger partial charge in [-0.2, -0.15) is 0 Å². The number of anilines is 3. The van der Waals surface area contributed by atoms with Crippen molar-refractivity contribution in [2.75, 3.05) is 4.90 Å². The van der Waals surface area contributed by atoms with E-state index in [4.69, 9.17) is 0 Å². The maximum absolute atomic E-state index is 2.45. The van der Waals surface area contributed by atoms with Crippen LogP contribution < -0.4 is 4.90 Å². The molecule has 1 aliphatic heterocycles. The fraction of sp³-hybridized carbons (Fsp3) is 0. The van der Waals surface area contributed by atoms with Gasteiger partial charge in [0.2, 0.25) is 0 Å². The molecule has 266 valence electrons. The second-order valence-corrected chi connectivity index (χ2v) is 14.9. The summed E-state index contributed by atoms with van der Waals surface area (Å²) in [4.78, 5) is 2.43. The first-order chi connectivity index (χ1) is 28.3. The van der Waals surface area contributed by atoms with E-state index < -0.39 is 0 Å². The largest absolute Gasteiger partial charge is 0.309 e. The minimum absolute atomic E-state index is 1.13. The highest BCUT2D eigenvalue weighted by Crippen LogP contribution is 2.49. The van der Waals surface area contributed by atoms with Gasteiger partial charge in [-0.15, -0.1) is 0 Å². The Bertz CT molecular complexity index is 3110. The van der Waals surface area contributed by atoms with Crippen LogP contribution in [0.3, 0.4) is 0 Å². The van der Waals surface area contributed by atoms with Crippen molar-refractivity contribution in [1.82, 2.24) is 0 Å². The zero-order valence-corrected chi connectivity index (χ0v) is 31.3. The van der Waals surface area contributed by atoms with Crippen molar-refractivity contribution in [3.05, 3.63) is 223 Å². The van der Waals surface area contributed by atoms with Crippen molar-refractivity contribution in [2.45, 2.75) is 0 Å². The lowest BCUT2D eigenvalue weighted by Gasteiger charge is -2.28. The van der Waals surface area contributed by atoms with Gasteiger partial charge in [0.15, 0.2) is 0 Å². The number of para-hydroxylation sites is 2. The van der Waals surface area contributed by atoms with Crippen molar-refractivity contribution in [2.24, 2.45) is 0 Å². The van der Waals surface area contributed by atoms with Crippen LogP contribution in [0.4, 0.5) is 17.1 Å². The standard InChI is InChI=1S/C56H37N/c1-4-16-38(17-5-1)49-34-43-24-10-11-25-44(43)35-50(49)45-30-32-47-48-33-31-46(57-53-26-14-12-18-39(53)28-29-40-19-13-15-27-54(40)57)37-52(48)56(42-22-8-3-9-23-42)55(51(47)36-45)41-20-6-2-7-21-41/h1-37H. The Hall–Kier alpha value is -7.48. The van der Waals surface area contributed by atoms with Gasteiger partial charge < -0.3 is 4.90 Å². The van der Waals surface area contributed by atoms with Gasteiger partial charge in [-0.05, 0) is 130 Å². The van der Waals surface area contributed by atoms with Crippen LogP contribution >= 0.6 is 0 Å². The summed E-state index contributed by atoms with van der Waals surface area (Å²) in [7, 11) is 0. The Labute approximate surface area is 333 Å². The highest BCUT2D eigenvalue weighted by atomic mass is 15.1. The van der Waals surface area contributed by atoms with Crippen LogP contribution in [0, 0.1) is 0 Å². The molecule has 0 radical (unpaired) electrons. The third-order valence-corrected chi connectivity index (χ3v) is 11.6. The molecule has 1 aliphatic rings. The number of nitrogens with zero attached hydrogens (tertiary/aromatic N) is 1. The van der Waals surface area contributed by atoms with E-state index in [1.165, 1.54) is 88.0 Å². The molecule has 0 unspecified atom stereocenters. The molecule has 1 heteroatoms. The lowest BCUT2D eigenvalue weighted by Crippen LogP contribution is -2.11. The van der Waals surface area contributed by atoms with Crippen molar-refractivity contribution >= 4 is 61.5 Å². The Balaban J connectivity index is 1.23. The maximum atomic E-state index is 2.45. The van der Waals surface area contributed by atoms with Crippen LogP contribution in [0.1, 0.15) is 11.1 Å². The van der Waals surface area contributed by atoms with E-state index in [-0.39, 0.29) is 0 Å². The molecule has 0 N–H and O–H groups in total. The molecule has 0 saturated heterocycles. The maximum Gasteiger partial charge on any atom is 0.0534 e. The van der Waals surface area contributed by atoms with Crippen molar-refractivity contribution in [1.29, 1.82) is 0 Å². The highest BCUT2D eigenvalue weighted by Gasteiger charge is 2.23. The van der Waals surface area contributed by atoms with E-state index in [1.807, 2.05) is 0 Å². The quantitative estimate of drug-likeness (QED) is 0.160. The van der Waals surface area contributed by atoms with Crippen molar-refractivity contribution < 1.29 is 0 Å². The third-order valence-electron chi connectivity index (χ3n) is 11.6. The minimum atomic E-state index is 1.13. The van der Waals surface area contributed by atoms with E-state index in [1.54, 1.807) is 0 Å². The molecule has 0 aromatic heterocycles. The summed E-state index contributed by atoms with van der Waals surface area (Å²) >= 11 is 0. The molecule has 0 spiro atoms. The average Bonchev–Trinajstić information content (AvgIpc) is 3.45. The van der Waals surface area contributed by atoms with Crippen LogP contribution in [0.2, 0.25) is 0 Å². The highest BCUT2D eigenvalue weighted by molar-refractivity contribution is 6.23. The Kier molecular flexibility index (Phi) is 7.89. The molecule has 11 rings (SSSR count). The predicted octanol–water partition coefficient (Wildman–Crippen LogP) is 15.8. The lowest BCUT2D eigenvalue weighted by molar-refractivity contribution is 1.28. The van der Waals surface area contributed by atoms with E-state index >= 15 is 0 Å². The van der Waals surface area contributed by atoms with E-state index in [0.29, 0.717) is 0 Å². The average molecular weight is 724 g/mol. The second-order valence-electron chi connectivity index (χ2n) is 14.9. The van der Waals surface area contributed by atoms with Crippen molar-refractivity contribution in [3.63, 3.8) is 0 Å². The molecule has 0 fully saturated rings. The van der Waals surface area contributed by atoms with E-state index in [0.717, 1.165) is 17.1 Å². The zero-order valence-electron chi connectivity index (χ0n) is 31.3. The van der Waals surface area contributed by atoms with Gasteiger partial charge in [-0.25, -0.2) is 0 Å². The smallest absolute Gasteiger partial charge is 0.0534 e. The molecule has 0 bridgehead atoms. The fourth-order valence-electron chi connectivity index (χ4n) is 8.93. The molecule has 1 nitrogen and oxygen atoms in total. The Morgan fingerprint density at radius 2 is 0.719 bits per heavy atom. The molecular formula is C56H37N. The summed E-state index contributed by atoms with van der Waals surface area (Å²) < 4.78 is 0. The summed E-state index contributed by atoms with van der Waals surface area (Å²) in [6.45, 7) is 0. The second kappa shape index (κ2) is 13.7. The first kappa shape index (κ1) is 32.9. The van der Waals surface area contributed by atoms with Gasteiger partial charge >= 0.3 is 0 Å². The Morgan fingerprint density at radius 1 is 0.281 bits per heavy atom. The molecule has 57 heavy (non-hydrogen) atoms. The number of hydrogen-bond acceptors (Lipinski definition) is 1. The monoisotopic (exact) mass is 723 g/mol.